The van der Waals surface area contributed by atoms with Crippen molar-refractivity contribution in [1.82, 2.24) is 4.72 Å². The van der Waals surface area contributed by atoms with Crippen LogP contribution in [0.5, 0.6) is 5.75 Å². The lowest BCUT2D eigenvalue weighted by Gasteiger charge is -2.10. The molecule has 28 heavy (non-hydrogen) atoms. The molecule has 0 fully saturated rings. The summed E-state index contributed by atoms with van der Waals surface area (Å²) < 4.78 is 58.2. The molecular formula is C20H19NO5S2. The summed E-state index contributed by atoms with van der Waals surface area (Å²) in [6.07, 6.45) is 0. The summed E-state index contributed by atoms with van der Waals surface area (Å²) in [6, 6.07) is 20.2. The lowest BCUT2D eigenvalue weighted by atomic mass is 10.2. The molecule has 1 N–H and O–H groups in total. The molecule has 0 radical (unpaired) electrons. The fraction of sp³-hybridized carbons (Fsp3) is 0.100. The summed E-state index contributed by atoms with van der Waals surface area (Å²) in [6.45, 7) is 0.0714. The van der Waals surface area contributed by atoms with Crippen molar-refractivity contribution in [3.63, 3.8) is 0 Å². The smallest absolute Gasteiger partial charge is 0.240 e. The zero-order chi connectivity index (χ0) is 20.2. The largest absolute Gasteiger partial charge is 0.497 e. The number of sulfonamides is 1. The summed E-state index contributed by atoms with van der Waals surface area (Å²) in [4.78, 5) is -0.0835. The van der Waals surface area contributed by atoms with Gasteiger partial charge in [-0.3, -0.25) is 0 Å². The van der Waals surface area contributed by atoms with Crippen LogP contribution in [0.4, 0.5) is 0 Å². The SMILES string of the molecule is COc1ccc(CNS(=O)(=O)c2cccc(S(=O)(=O)c3ccccc3)c2)cc1. The Balaban J connectivity index is 1.84. The minimum atomic E-state index is -3.88. The van der Waals surface area contributed by atoms with E-state index in [1.165, 1.54) is 36.4 Å². The molecule has 0 spiro atoms. The highest BCUT2D eigenvalue weighted by Gasteiger charge is 2.21. The first-order valence-corrected chi connectivity index (χ1v) is 11.3. The number of ether oxygens (including phenoxy) is 1. The maximum Gasteiger partial charge on any atom is 0.240 e. The quantitative estimate of drug-likeness (QED) is 0.638. The van der Waals surface area contributed by atoms with Crippen LogP contribution in [-0.4, -0.2) is 23.9 Å². The second kappa shape index (κ2) is 8.14. The number of nitrogens with one attached hydrogen (secondary N) is 1. The molecule has 0 amide bonds. The maximum absolute atomic E-state index is 12.7. The van der Waals surface area contributed by atoms with Crippen LogP contribution >= 0.6 is 0 Å². The monoisotopic (exact) mass is 417 g/mol. The molecule has 3 rings (SSSR count). The molecule has 0 atom stereocenters. The van der Waals surface area contributed by atoms with E-state index in [2.05, 4.69) is 4.72 Å². The number of rotatable bonds is 7. The third kappa shape index (κ3) is 4.41. The maximum atomic E-state index is 12.7. The van der Waals surface area contributed by atoms with Gasteiger partial charge >= 0.3 is 0 Å². The van der Waals surface area contributed by atoms with Crippen molar-refractivity contribution >= 4 is 19.9 Å². The molecule has 8 heteroatoms. The van der Waals surface area contributed by atoms with E-state index in [1.807, 2.05) is 0 Å². The molecule has 0 aromatic heterocycles. The Bertz CT molecular complexity index is 1160. The van der Waals surface area contributed by atoms with Crippen LogP contribution in [0.3, 0.4) is 0 Å². The van der Waals surface area contributed by atoms with Gasteiger partial charge in [0.25, 0.3) is 0 Å². The summed E-state index contributed by atoms with van der Waals surface area (Å²) in [5, 5.41) is 0. The fourth-order valence-corrected chi connectivity index (χ4v) is 5.01. The third-order valence-electron chi connectivity index (χ3n) is 4.10. The van der Waals surface area contributed by atoms with Crippen molar-refractivity contribution in [1.29, 1.82) is 0 Å². The molecule has 6 nitrogen and oxygen atoms in total. The Morgan fingerprint density at radius 2 is 1.36 bits per heavy atom. The van der Waals surface area contributed by atoms with Crippen LogP contribution in [0.25, 0.3) is 0 Å². The Kier molecular flexibility index (Phi) is 5.83. The average molecular weight is 418 g/mol. The van der Waals surface area contributed by atoms with Crippen LogP contribution < -0.4 is 9.46 Å². The molecule has 0 saturated carbocycles. The average Bonchev–Trinajstić information content (AvgIpc) is 2.73. The van der Waals surface area contributed by atoms with E-state index in [-0.39, 0.29) is 21.2 Å². The van der Waals surface area contributed by atoms with E-state index in [4.69, 9.17) is 4.74 Å². The lowest BCUT2D eigenvalue weighted by Crippen LogP contribution is -2.23. The minimum absolute atomic E-state index is 0.0714. The van der Waals surface area contributed by atoms with Gasteiger partial charge in [-0.2, -0.15) is 0 Å². The fourth-order valence-electron chi connectivity index (χ4n) is 2.55. The highest BCUT2D eigenvalue weighted by atomic mass is 32.2. The van der Waals surface area contributed by atoms with Gasteiger partial charge in [0.2, 0.25) is 19.9 Å². The topological polar surface area (TPSA) is 89.5 Å². The van der Waals surface area contributed by atoms with Gasteiger partial charge in [0, 0.05) is 6.54 Å². The van der Waals surface area contributed by atoms with E-state index in [0.717, 1.165) is 5.56 Å². The number of hydrogen-bond donors (Lipinski definition) is 1. The number of methoxy groups -OCH3 is 1. The minimum Gasteiger partial charge on any atom is -0.497 e. The van der Waals surface area contributed by atoms with Crippen molar-refractivity contribution < 1.29 is 21.6 Å². The van der Waals surface area contributed by atoms with Crippen LogP contribution in [0.15, 0.2) is 93.5 Å². The number of benzene rings is 3. The normalized spacial score (nSPS) is 11.9. The second-order valence-electron chi connectivity index (χ2n) is 5.96. The Labute approximate surface area is 164 Å². The van der Waals surface area contributed by atoms with Crippen molar-refractivity contribution in [3.8, 4) is 5.75 Å². The number of sulfone groups is 1. The molecular weight excluding hydrogens is 398 g/mol. The first-order chi connectivity index (χ1) is 13.3. The highest BCUT2D eigenvalue weighted by molar-refractivity contribution is 7.91. The third-order valence-corrected chi connectivity index (χ3v) is 7.27. The van der Waals surface area contributed by atoms with Crippen molar-refractivity contribution in [2.45, 2.75) is 21.2 Å². The van der Waals surface area contributed by atoms with Crippen LogP contribution in [-0.2, 0) is 26.4 Å². The summed E-state index contributed by atoms with van der Waals surface area (Å²) >= 11 is 0. The van der Waals surface area contributed by atoms with Gasteiger partial charge in [-0.25, -0.2) is 21.6 Å². The van der Waals surface area contributed by atoms with Crippen LogP contribution in [0.1, 0.15) is 5.56 Å². The summed E-state index contributed by atoms with van der Waals surface area (Å²) in [5.74, 6) is 0.672. The van der Waals surface area contributed by atoms with E-state index in [9.17, 15) is 16.8 Å². The summed E-state index contributed by atoms with van der Waals surface area (Å²) in [7, 11) is -6.14. The Morgan fingerprint density at radius 1 is 0.750 bits per heavy atom. The molecule has 146 valence electrons. The molecule has 0 bridgehead atoms. The van der Waals surface area contributed by atoms with Crippen molar-refractivity contribution in [3.05, 3.63) is 84.4 Å². The van der Waals surface area contributed by atoms with E-state index in [0.29, 0.717) is 5.75 Å². The van der Waals surface area contributed by atoms with Gasteiger partial charge in [0.15, 0.2) is 0 Å². The van der Waals surface area contributed by atoms with E-state index in [1.54, 1.807) is 49.6 Å². The van der Waals surface area contributed by atoms with E-state index >= 15 is 0 Å². The molecule has 0 aliphatic rings. The number of hydrogen-bond acceptors (Lipinski definition) is 5. The zero-order valence-electron chi connectivity index (χ0n) is 15.1. The molecule has 3 aromatic carbocycles. The zero-order valence-corrected chi connectivity index (χ0v) is 16.7. The van der Waals surface area contributed by atoms with Crippen LogP contribution in [0.2, 0.25) is 0 Å². The molecule has 0 heterocycles. The second-order valence-corrected chi connectivity index (χ2v) is 9.68. The van der Waals surface area contributed by atoms with Crippen LogP contribution in [0, 0.1) is 0 Å². The predicted octanol–water partition coefficient (Wildman–Crippen LogP) is 3.01. The van der Waals surface area contributed by atoms with Gasteiger partial charge in [-0.1, -0.05) is 36.4 Å². The van der Waals surface area contributed by atoms with Gasteiger partial charge in [0.05, 0.1) is 21.8 Å². The first-order valence-electron chi connectivity index (χ1n) is 8.36. The molecule has 0 unspecified atom stereocenters. The molecule has 0 saturated heterocycles. The highest BCUT2D eigenvalue weighted by Crippen LogP contribution is 2.23. The van der Waals surface area contributed by atoms with Crippen molar-refractivity contribution in [2.24, 2.45) is 0 Å². The van der Waals surface area contributed by atoms with Gasteiger partial charge in [-0.15, -0.1) is 0 Å². The van der Waals surface area contributed by atoms with Crippen molar-refractivity contribution in [2.75, 3.05) is 7.11 Å². The Morgan fingerprint density at radius 3 is 2.00 bits per heavy atom. The molecule has 0 aliphatic heterocycles. The molecule has 3 aromatic rings. The predicted molar refractivity (Wildman–Crippen MR) is 105 cm³/mol. The molecule has 0 aliphatic carbocycles. The first kappa shape index (κ1) is 20.1. The lowest BCUT2D eigenvalue weighted by molar-refractivity contribution is 0.414. The van der Waals surface area contributed by atoms with E-state index < -0.39 is 19.9 Å². The Hall–Kier alpha value is -2.68. The van der Waals surface area contributed by atoms with Gasteiger partial charge in [-0.05, 0) is 48.0 Å². The van der Waals surface area contributed by atoms with Gasteiger partial charge in [0.1, 0.15) is 5.75 Å². The van der Waals surface area contributed by atoms with Gasteiger partial charge < -0.3 is 4.74 Å². The summed E-state index contributed by atoms with van der Waals surface area (Å²) in [5.41, 5.74) is 0.748. The standard InChI is InChI=1S/C20H19NO5S2/c1-26-17-12-10-16(11-13-17)15-21-28(24,25)20-9-5-8-19(14-20)27(22,23)18-6-3-2-4-7-18/h2-14,21H,15H2,1H3.